The molecule has 0 aliphatic carbocycles. The van der Waals surface area contributed by atoms with Crippen LogP contribution in [0.15, 0.2) is 68.3 Å². The van der Waals surface area contributed by atoms with Crippen molar-refractivity contribution in [3.8, 4) is 11.5 Å². The number of amides is 1. The van der Waals surface area contributed by atoms with E-state index in [0.29, 0.717) is 12.8 Å². The molecular weight excluding hydrogens is 712 g/mol. The van der Waals surface area contributed by atoms with Crippen LogP contribution in [-0.4, -0.2) is 63.4 Å². The summed E-state index contributed by atoms with van der Waals surface area (Å²) < 4.78 is 29.4. The van der Waals surface area contributed by atoms with Crippen molar-refractivity contribution in [2.75, 3.05) is 12.4 Å². The van der Waals surface area contributed by atoms with Gasteiger partial charge in [-0.25, -0.2) is 4.98 Å². The summed E-state index contributed by atoms with van der Waals surface area (Å²) in [5.41, 5.74) is -1.74. The zero-order chi connectivity index (χ0) is 39.9. The number of aliphatic hydroxyl groups is 2. The van der Waals surface area contributed by atoms with Gasteiger partial charge in [0.15, 0.2) is 22.4 Å². The molecule has 0 spiro atoms. The predicted molar refractivity (Wildman–Crippen MR) is 205 cm³/mol. The van der Waals surface area contributed by atoms with Gasteiger partial charge in [-0.15, -0.1) is 0 Å². The molecule has 2 aliphatic rings. The minimum Gasteiger partial charge on any atom is -0.507 e. The number of hydrogen-bond donors (Lipinski definition) is 4. The molecule has 1 amide bonds. The zero-order valence-electron chi connectivity index (χ0n) is 31.6. The van der Waals surface area contributed by atoms with Gasteiger partial charge in [0.05, 0.1) is 29.1 Å². The molecule has 1 aromatic heterocycles. The van der Waals surface area contributed by atoms with Crippen LogP contribution in [0.4, 0.5) is 5.69 Å². The summed E-state index contributed by atoms with van der Waals surface area (Å²) in [4.78, 5) is 57.7. The van der Waals surface area contributed by atoms with Crippen LogP contribution in [0.1, 0.15) is 59.4 Å². The number of anilines is 1. The molecule has 14 heteroatoms. The minimum atomic E-state index is -1.92. The molecule has 4 aromatic rings. The summed E-state index contributed by atoms with van der Waals surface area (Å²) in [6.45, 7) is 9.68. The highest BCUT2D eigenvalue weighted by Crippen LogP contribution is 2.42. The van der Waals surface area contributed by atoms with Crippen molar-refractivity contribution in [1.82, 2.24) is 4.98 Å². The van der Waals surface area contributed by atoms with Crippen molar-refractivity contribution in [3.63, 3.8) is 0 Å². The number of esters is 1. The molecule has 14 nitrogen and oxygen atoms in total. The molecule has 55 heavy (non-hydrogen) atoms. The Balaban J connectivity index is 1.60. The topological polar surface area (TPSA) is 204 Å². The number of para-hydroxylation sites is 1. The number of phenolic OH excluding ortho intramolecular Hbond substituents is 1. The quantitative estimate of drug-likeness (QED) is 0.120. The molecule has 4 N–H and O–H groups in total. The number of aromatic hydroxyl groups is 1. The van der Waals surface area contributed by atoms with Gasteiger partial charge >= 0.3 is 11.8 Å². The zero-order valence-corrected chi connectivity index (χ0v) is 31.6. The molecule has 290 valence electrons. The van der Waals surface area contributed by atoms with Crippen molar-refractivity contribution < 1.29 is 48.3 Å². The van der Waals surface area contributed by atoms with E-state index in [1.807, 2.05) is 19.9 Å². The van der Waals surface area contributed by atoms with E-state index in [1.54, 1.807) is 19.1 Å². The average molecular weight is 757 g/mol. The summed E-state index contributed by atoms with van der Waals surface area (Å²) in [7, 11) is 1.44. The van der Waals surface area contributed by atoms with Gasteiger partial charge in [-0.05, 0) is 56.7 Å². The van der Waals surface area contributed by atoms with Gasteiger partial charge in [0.1, 0.15) is 28.8 Å². The highest BCUT2D eigenvalue weighted by Gasteiger charge is 2.43. The Labute approximate surface area is 315 Å². The van der Waals surface area contributed by atoms with Gasteiger partial charge in [-0.2, -0.15) is 0 Å². The Morgan fingerprint density at radius 1 is 1.04 bits per heavy atom. The number of methoxy groups -OCH3 is 1. The number of hydrogen-bond acceptors (Lipinski definition) is 13. The van der Waals surface area contributed by atoms with E-state index < -0.39 is 58.3 Å². The SMILES string of the molecule is CO[C@H]1/C=C/O[C@@]2(C)Oc3c(C)c(O)c4c(=O)c(c5oc6cccc(=O)c6nc5c4c3=C2O)NC(=O)/C(C)=C\C=C\[C@H](C)C[C@@H](C)C[C@@H](O)[C@H](OC(C)=O)C1. The van der Waals surface area contributed by atoms with E-state index in [-0.39, 0.29) is 79.0 Å². The number of carbonyl (C=O) groups excluding carboxylic acids is 2. The second-order valence-corrected chi connectivity index (χ2v) is 14.4. The van der Waals surface area contributed by atoms with Crippen molar-refractivity contribution in [2.24, 2.45) is 11.8 Å². The van der Waals surface area contributed by atoms with E-state index in [0.717, 1.165) is 0 Å². The number of ether oxygens (including phenoxy) is 4. The minimum absolute atomic E-state index is 0.00961. The van der Waals surface area contributed by atoms with E-state index in [1.165, 1.54) is 58.4 Å². The third kappa shape index (κ3) is 7.39. The van der Waals surface area contributed by atoms with Gasteiger partial charge < -0.3 is 44.0 Å². The van der Waals surface area contributed by atoms with Crippen LogP contribution in [0.2, 0.25) is 0 Å². The van der Waals surface area contributed by atoms with E-state index in [9.17, 15) is 34.5 Å². The number of fused-ring (bicyclic) bond motifs is 2. The van der Waals surface area contributed by atoms with Crippen molar-refractivity contribution in [1.29, 1.82) is 0 Å². The first-order valence-corrected chi connectivity index (χ1v) is 17.9. The molecular formula is C41H44N2O12. The van der Waals surface area contributed by atoms with Crippen molar-refractivity contribution >= 4 is 56.3 Å². The van der Waals surface area contributed by atoms with Gasteiger partial charge in [0.2, 0.25) is 10.9 Å². The fourth-order valence-electron chi connectivity index (χ4n) is 7.18. The number of rotatable bonds is 2. The third-order valence-corrected chi connectivity index (χ3v) is 10.1. The number of aromatic nitrogens is 1. The molecule has 6 atom stereocenters. The van der Waals surface area contributed by atoms with Crippen LogP contribution in [0, 0.1) is 18.8 Å². The van der Waals surface area contributed by atoms with Crippen LogP contribution in [-0.2, 0) is 23.8 Å². The Bertz CT molecular complexity index is 2490. The number of nitrogens with one attached hydrogen (secondary N) is 1. The maximum Gasteiger partial charge on any atom is 0.307 e. The third-order valence-electron chi connectivity index (χ3n) is 10.1. The first kappa shape index (κ1) is 39.0. The monoisotopic (exact) mass is 756 g/mol. The molecule has 6 rings (SSSR count). The largest absolute Gasteiger partial charge is 0.507 e. The number of carbonyl (C=O) groups is 2. The molecule has 3 heterocycles. The first-order valence-electron chi connectivity index (χ1n) is 17.9. The maximum atomic E-state index is 14.4. The van der Waals surface area contributed by atoms with E-state index in [4.69, 9.17) is 23.4 Å². The Morgan fingerprint density at radius 2 is 1.78 bits per heavy atom. The van der Waals surface area contributed by atoms with Crippen LogP contribution in [0.25, 0.3) is 38.7 Å². The molecule has 0 saturated heterocycles. The van der Waals surface area contributed by atoms with Gasteiger partial charge in [0, 0.05) is 43.9 Å². The van der Waals surface area contributed by atoms with Crippen LogP contribution < -0.4 is 26.1 Å². The molecule has 0 saturated carbocycles. The summed E-state index contributed by atoms with van der Waals surface area (Å²) >= 11 is 0. The fraction of sp³-hybridized carbons (Fsp3) is 0.390. The average Bonchev–Trinajstić information content (AvgIpc) is 3.39. The number of aliphatic hydroxyl groups excluding tert-OH is 2. The van der Waals surface area contributed by atoms with Gasteiger partial charge in [-0.3, -0.25) is 19.2 Å². The molecule has 0 unspecified atom stereocenters. The summed E-state index contributed by atoms with van der Waals surface area (Å²) in [5.74, 6) is -4.15. The highest BCUT2D eigenvalue weighted by atomic mass is 16.7. The molecule has 0 fully saturated rings. The lowest BCUT2D eigenvalue weighted by atomic mass is 9.89. The lowest BCUT2D eigenvalue weighted by molar-refractivity contribution is -0.155. The summed E-state index contributed by atoms with van der Waals surface area (Å²) in [6.07, 6.45) is 6.36. The molecule has 3 aromatic carbocycles. The second-order valence-electron chi connectivity index (χ2n) is 14.4. The highest BCUT2D eigenvalue weighted by molar-refractivity contribution is 6.16. The predicted octanol–water partition coefficient (Wildman–Crippen LogP) is 5.10. The second kappa shape index (κ2) is 15.2. The standard InChI is InChI=1S/C41H44N2O12/c1-19-10-8-11-21(3)40(50)43-34-36(48)30-29(33-38(34)54-27-13-9-12-25(45)32(27)42-33)31-37(22(4)35(30)47)55-41(6,39(31)49)52-15-14-24(51-7)18-28(53-23(5)44)26(46)17-20(2)16-19/h8-15,19-20,24,26,28,46-47,49H,16-18H2,1-7H3,(H,43,50)/b10-8+,15-14+,21-11-/t19-,20+,24-,26+,28+,41-/m0/s1. The Kier molecular flexibility index (Phi) is 10.8. The van der Waals surface area contributed by atoms with Crippen molar-refractivity contribution in [2.45, 2.75) is 84.9 Å². The molecule has 4 bridgehead atoms. The number of allylic oxidation sites excluding steroid dienone is 3. The van der Waals surface area contributed by atoms with Crippen molar-refractivity contribution in [3.05, 3.63) is 85.6 Å². The van der Waals surface area contributed by atoms with Crippen LogP contribution >= 0.6 is 0 Å². The van der Waals surface area contributed by atoms with Gasteiger partial charge in [0.25, 0.3) is 5.91 Å². The first-order chi connectivity index (χ1) is 26.0. The lowest BCUT2D eigenvalue weighted by Crippen LogP contribution is -2.36. The lowest BCUT2D eigenvalue weighted by Gasteiger charge is -2.28. The number of benzene rings is 3. The van der Waals surface area contributed by atoms with Crippen LogP contribution in [0.3, 0.4) is 0 Å². The van der Waals surface area contributed by atoms with Gasteiger partial charge in [-0.1, -0.05) is 38.1 Å². The fourth-order valence-corrected chi connectivity index (χ4v) is 7.18. The summed E-state index contributed by atoms with van der Waals surface area (Å²) in [6, 6.07) is 4.24. The molecule has 2 aliphatic heterocycles. The Hall–Kier alpha value is -5.73. The van der Waals surface area contributed by atoms with Crippen LogP contribution in [0.5, 0.6) is 11.5 Å². The maximum absolute atomic E-state index is 14.4. The van der Waals surface area contributed by atoms with E-state index >= 15 is 0 Å². The number of phenols is 1. The smallest absolute Gasteiger partial charge is 0.307 e. The normalized spacial score (nSPS) is 27.3. The summed E-state index contributed by atoms with van der Waals surface area (Å²) in [5, 5.41) is 36.8. The number of nitrogens with zero attached hydrogens (tertiary/aromatic N) is 1. The molecule has 0 radical (unpaired) electrons. The Morgan fingerprint density at radius 3 is 2.49 bits per heavy atom. The van der Waals surface area contributed by atoms with E-state index in [2.05, 4.69) is 10.3 Å².